The number of nitrogens with one attached hydrogen (secondary N) is 2. The number of hydrogen-bond acceptors (Lipinski definition) is 3. The van der Waals surface area contributed by atoms with Crippen LogP contribution in [0.5, 0.6) is 0 Å². The van der Waals surface area contributed by atoms with Crippen molar-refractivity contribution in [1.29, 1.82) is 5.26 Å². The number of thiazole rings is 1. The van der Waals surface area contributed by atoms with Crippen molar-refractivity contribution in [3.8, 4) is 6.07 Å². The van der Waals surface area contributed by atoms with Gasteiger partial charge in [-0.1, -0.05) is 12.1 Å². The summed E-state index contributed by atoms with van der Waals surface area (Å²) in [5.41, 5.74) is 1.13. The highest BCUT2D eigenvalue weighted by Gasteiger charge is 2.25. The van der Waals surface area contributed by atoms with Crippen LogP contribution in [0.15, 0.2) is 24.3 Å². The van der Waals surface area contributed by atoms with Crippen LogP contribution >= 0.6 is 11.3 Å². The van der Waals surface area contributed by atoms with E-state index in [4.69, 9.17) is 10.2 Å². The van der Waals surface area contributed by atoms with Gasteiger partial charge in [0.15, 0.2) is 0 Å². The molecule has 0 amide bonds. The van der Waals surface area contributed by atoms with E-state index in [2.05, 4.69) is 30.3 Å². The molecule has 1 aromatic carbocycles. The molecule has 1 aliphatic rings. The lowest BCUT2D eigenvalue weighted by molar-refractivity contribution is -1.02. The molecule has 0 saturated carbocycles. The maximum atomic E-state index is 8.91. The van der Waals surface area contributed by atoms with E-state index in [1.165, 1.54) is 35.9 Å². The Kier molecular flexibility index (Phi) is 4.49. The predicted molar refractivity (Wildman–Crippen MR) is 84.4 cm³/mol. The normalized spacial score (nSPS) is 23.8. The molecule has 0 radical (unpaired) electrons. The van der Waals surface area contributed by atoms with Crippen molar-refractivity contribution < 1.29 is 9.80 Å². The van der Waals surface area contributed by atoms with Crippen LogP contribution in [0, 0.1) is 17.2 Å². The first-order chi connectivity index (χ1) is 10.2. The van der Waals surface area contributed by atoms with Gasteiger partial charge >= 0.3 is 0 Å². The van der Waals surface area contributed by atoms with E-state index >= 15 is 0 Å². The summed E-state index contributed by atoms with van der Waals surface area (Å²) in [6, 6.07) is 10.7. The molecule has 0 aliphatic carbocycles. The molecule has 0 unspecified atom stereocenters. The molecule has 21 heavy (non-hydrogen) atoms. The quantitative estimate of drug-likeness (QED) is 0.817. The Morgan fingerprint density at radius 3 is 2.67 bits per heavy atom. The van der Waals surface area contributed by atoms with Gasteiger partial charge in [0.1, 0.15) is 37.7 Å². The molecule has 5 heteroatoms. The van der Waals surface area contributed by atoms with Crippen molar-refractivity contribution in [3.63, 3.8) is 0 Å². The molecular formula is C16H22N4S+2. The maximum Gasteiger partial charge on any atom is 0.148 e. The molecule has 3 rings (SSSR count). The summed E-state index contributed by atoms with van der Waals surface area (Å²) in [5, 5.41) is 10.2. The molecule has 1 atom stereocenters. The van der Waals surface area contributed by atoms with Crippen molar-refractivity contribution in [2.45, 2.75) is 13.5 Å². The van der Waals surface area contributed by atoms with Crippen LogP contribution in [0.2, 0.25) is 0 Å². The fourth-order valence-corrected chi connectivity index (χ4v) is 4.07. The number of piperazine rings is 1. The van der Waals surface area contributed by atoms with Crippen molar-refractivity contribution >= 4 is 21.6 Å². The Balaban J connectivity index is 1.54. The van der Waals surface area contributed by atoms with Gasteiger partial charge in [-0.05, 0) is 19.1 Å². The van der Waals surface area contributed by atoms with Crippen molar-refractivity contribution in [2.24, 2.45) is 5.92 Å². The monoisotopic (exact) mass is 302 g/mol. The summed E-state index contributed by atoms with van der Waals surface area (Å²) in [6.07, 6.45) is 0. The Hall–Kier alpha value is -1.48. The van der Waals surface area contributed by atoms with Gasteiger partial charge in [0.25, 0.3) is 0 Å². The van der Waals surface area contributed by atoms with Gasteiger partial charge in [0.05, 0.1) is 28.7 Å². The average Bonchev–Trinajstić information content (AvgIpc) is 2.91. The van der Waals surface area contributed by atoms with Gasteiger partial charge in [-0.25, -0.2) is 4.98 Å². The number of nitriles is 1. The highest BCUT2D eigenvalue weighted by atomic mass is 32.1. The summed E-state index contributed by atoms with van der Waals surface area (Å²) in [6.45, 7) is 8.77. The third-order valence-corrected chi connectivity index (χ3v) is 5.26. The Labute approximate surface area is 129 Å². The summed E-state index contributed by atoms with van der Waals surface area (Å²) in [4.78, 5) is 7.94. The lowest BCUT2D eigenvalue weighted by Crippen LogP contribution is -3.27. The lowest BCUT2D eigenvalue weighted by atomic mass is 10.2. The van der Waals surface area contributed by atoms with Crippen LogP contribution in [0.25, 0.3) is 10.2 Å². The molecule has 2 heterocycles. The first-order valence-electron chi connectivity index (χ1n) is 7.66. The van der Waals surface area contributed by atoms with Crippen LogP contribution in [-0.4, -0.2) is 37.7 Å². The maximum absolute atomic E-state index is 8.91. The average molecular weight is 302 g/mol. The molecule has 1 aromatic heterocycles. The summed E-state index contributed by atoms with van der Waals surface area (Å²) in [5.74, 6) is 0.172. The Morgan fingerprint density at radius 2 is 1.95 bits per heavy atom. The Bertz CT molecular complexity index is 604. The molecule has 110 valence electrons. The molecular weight excluding hydrogens is 280 g/mol. The number of rotatable bonds is 4. The molecule has 1 fully saturated rings. The van der Waals surface area contributed by atoms with Crippen LogP contribution in [0.3, 0.4) is 0 Å². The highest BCUT2D eigenvalue weighted by Crippen LogP contribution is 2.20. The fraction of sp³-hybridized carbons (Fsp3) is 0.500. The van der Waals surface area contributed by atoms with E-state index < -0.39 is 0 Å². The van der Waals surface area contributed by atoms with E-state index in [0.717, 1.165) is 18.6 Å². The van der Waals surface area contributed by atoms with Gasteiger partial charge in [-0.15, -0.1) is 11.3 Å². The summed E-state index contributed by atoms with van der Waals surface area (Å²) >= 11 is 1.82. The number of para-hydroxylation sites is 1. The third-order valence-electron chi connectivity index (χ3n) is 4.22. The first-order valence-corrected chi connectivity index (χ1v) is 8.47. The SMILES string of the molecule is C[C@H](C#N)C[NH+]1CC[NH+](Cc2nc3ccccc3s2)CC1. The van der Waals surface area contributed by atoms with E-state index in [0.29, 0.717) is 0 Å². The zero-order chi connectivity index (χ0) is 14.7. The second-order valence-electron chi connectivity index (χ2n) is 5.99. The molecule has 2 N–H and O–H groups in total. The van der Waals surface area contributed by atoms with E-state index in [9.17, 15) is 0 Å². The van der Waals surface area contributed by atoms with Gasteiger partial charge in [-0.2, -0.15) is 5.26 Å². The largest absolute Gasteiger partial charge is 0.325 e. The van der Waals surface area contributed by atoms with E-state index in [1.807, 2.05) is 18.3 Å². The second-order valence-corrected chi connectivity index (χ2v) is 7.10. The van der Waals surface area contributed by atoms with E-state index in [-0.39, 0.29) is 5.92 Å². The van der Waals surface area contributed by atoms with E-state index in [1.54, 1.807) is 9.80 Å². The van der Waals surface area contributed by atoms with Crippen molar-refractivity contribution in [3.05, 3.63) is 29.3 Å². The zero-order valence-corrected chi connectivity index (χ0v) is 13.2. The fourth-order valence-electron chi connectivity index (χ4n) is 3.03. The Morgan fingerprint density at radius 1 is 1.24 bits per heavy atom. The van der Waals surface area contributed by atoms with Gasteiger partial charge in [0.2, 0.25) is 0 Å². The molecule has 0 spiro atoms. The van der Waals surface area contributed by atoms with Gasteiger partial charge in [-0.3, -0.25) is 0 Å². The number of nitrogens with zero attached hydrogens (tertiary/aromatic N) is 2. The minimum absolute atomic E-state index is 0.172. The number of benzene rings is 1. The third kappa shape index (κ3) is 3.59. The highest BCUT2D eigenvalue weighted by molar-refractivity contribution is 7.18. The molecule has 1 aliphatic heterocycles. The molecule has 0 bridgehead atoms. The molecule has 4 nitrogen and oxygen atoms in total. The number of fused-ring (bicyclic) bond motifs is 1. The summed E-state index contributed by atoms with van der Waals surface area (Å²) in [7, 11) is 0. The smallest absolute Gasteiger partial charge is 0.148 e. The predicted octanol–water partition coefficient (Wildman–Crippen LogP) is -0.261. The minimum Gasteiger partial charge on any atom is -0.325 e. The van der Waals surface area contributed by atoms with Gasteiger partial charge in [0, 0.05) is 0 Å². The van der Waals surface area contributed by atoms with Crippen LogP contribution in [0.1, 0.15) is 11.9 Å². The number of aromatic nitrogens is 1. The number of hydrogen-bond donors (Lipinski definition) is 2. The zero-order valence-electron chi connectivity index (χ0n) is 12.4. The lowest BCUT2D eigenvalue weighted by Gasteiger charge is -2.29. The van der Waals surface area contributed by atoms with Crippen molar-refractivity contribution in [1.82, 2.24) is 4.98 Å². The molecule has 1 saturated heterocycles. The second kappa shape index (κ2) is 6.52. The van der Waals surface area contributed by atoms with Gasteiger partial charge < -0.3 is 9.80 Å². The number of quaternary nitrogens is 2. The first kappa shape index (κ1) is 14.5. The van der Waals surface area contributed by atoms with Crippen LogP contribution < -0.4 is 9.80 Å². The molecule has 2 aromatic rings. The topological polar surface area (TPSA) is 45.6 Å². The minimum atomic E-state index is 0.172. The summed E-state index contributed by atoms with van der Waals surface area (Å²) < 4.78 is 1.29. The standard InChI is InChI=1S/C16H20N4S/c1-13(10-17)11-19-6-8-20(9-7-19)12-16-18-14-4-2-3-5-15(14)21-16/h2-5,13H,6-9,11-12H2,1H3/p+2/t13-/m1/s1. The van der Waals surface area contributed by atoms with Crippen LogP contribution in [-0.2, 0) is 6.54 Å². The van der Waals surface area contributed by atoms with Crippen molar-refractivity contribution in [2.75, 3.05) is 32.7 Å². The van der Waals surface area contributed by atoms with Crippen LogP contribution in [0.4, 0.5) is 0 Å².